The van der Waals surface area contributed by atoms with Crippen LogP contribution < -0.4 is 15.1 Å². The molecular formula is C23H30FN5O. The summed E-state index contributed by atoms with van der Waals surface area (Å²) >= 11 is 0. The first-order valence-electron chi connectivity index (χ1n) is 10.6. The zero-order valence-corrected chi connectivity index (χ0v) is 18.2. The maximum atomic E-state index is 14.8. The van der Waals surface area contributed by atoms with Crippen molar-refractivity contribution in [2.24, 2.45) is 0 Å². The minimum absolute atomic E-state index is 0.0921. The molecule has 1 aliphatic heterocycles. The molecule has 160 valence electrons. The van der Waals surface area contributed by atoms with Crippen LogP contribution in [-0.2, 0) is 6.54 Å². The van der Waals surface area contributed by atoms with Crippen molar-refractivity contribution in [2.75, 3.05) is 36.3 Å². The second-order valence-electron chi connectivity index (χ2n) is 8.52. The van der Waals surface area contributed by atoms with Gasteiger partial charge in [0.1, 0.15) is 11.6 Å². The zero-order chi connectivity index (χ0) is 21.4. The lowest BCUT2D eigenvalue weighted by Gasteiger charge is -2.44. The number of hydrogen-bond acceptors (Lipinski definition) is 4. The monoisotopic (exact) mass is 411 g/mol. The third-order valence-corrected chi connectivity index (χ3v) is 6.46. The lowest BCUT2D eigenvalue weighted by molar-refractivity contribution is 0.209. The van der Waals surface area contributed by atoms with E-state index in [1.54, 1.807) is 17.2 Å². The van der Waals surface area contributed by atoms with Gasteiger partial charge in [0.2, 0.25) is 0 Å². The van der Waals surface area contributed by atoms with Gasteiger partial charge in [-0.3, -0.25) is 9.80 Å². The van der Waals surface area contributed by atoms with Gasteiger partial charge in [0.15, 0.2) is 0 Å². The Hall–Kier alpha value is -2.67. The standard InChI is InChI=1S/C23H30FN5O/c1-15-6-5-7-19(24)22(15)28-14-16-13-26-21(25-2)12-20(16)29(23(28)30)18-10-8-17(9-11-18)27(3)4/h5-7,12-13,17-18H,8-11,14H2,1-4H3,(H,25,26). The Morgan fingerprint density at radius 2 is 1.93 bits per heavy atom. The van der Waals surface area contributed by atoms with Gasteiger partial charge in [-0.1, -0.05) is 12.1 Å². The minimum Gasteiger partial charge on any atom is -0.373 e. The van der Waals surface area contributed by atoms with Crippen LogP contribution in [0.2, 0.25) is 0 Å². The number of urea groups is 1. The lowest BCUT2D eigenvalue weighted by atomic mass is 9.88. The number of benzene rings is 1. The van der Waals surface area contributed by atoms with E-state index >= 15 is 0 Å². The molecule has 30 heavy (non-hydrogen) atoms. The largest absolute Gasteiger partial charge is 0.373 e. The van der Waals surface area contributed by atoms with Crippen LogP contribution in [-0.4, -0.2) is 49.1 Å². The van der Waals surface area contributed by atoms with E-state index < -0.39 is 0 Å². The molecule has 0 atom stereocenters. The molecule has 4 rings (SSSR count). The molecule has 0 spiro atoms. The summed E-state index contributed by atoms with van der Waals surface area (Å²) < 4.78 is 14.8. The van der Waals surface area contributed by atoms with Crippen LogP contribution in [0.1, 0.15) is 36.8 Å². The number of carbonyl (C=O) groups is 1. The van der Waals surface area contributed by atoms with Gasteiger partial charge in [-0.05, 0) is 58.3 Å². The number of hydrogen-bond donors (Lipinski definition) is 1. The Labute approximate surface area is 177 Å². The second kappa shape index (κ2) is 8.22. The highest BCUT2D eigenvalue weighted by Gasteiger charge is 2.39. The number of anilines is 3. The van der Waals surface area contributed by atoms with Crippen LogP contribution in [0.3, 0.4) is 0 Å². The van der Waals surface area contributed by atoms with E-state index in [0.717, 1.165) is 48.3 Å². The van der Waals surface area contributed by atoms with Crippen LogP contribution in [0.5, 0.6) is 0 Å². The van der Waals surface area contributed by atoms with Crippen LogP contribution in [0.25, 0.3) is 0 Å². The molecule has 1 saturated carbocycles. The summed E-state index contributed by atoms with van der Waals surface area (Å²) in [5, 5.41) is 3.07. The number of nitrogens with zero attached hydrogens (tertiary/aromatic N) is 4. The van der Waals surface area contributed by atoms with Gasteiger partial charge in [-0.15, -0.1) is 0 Å². The Bertz CT molecular complexity index is 919. The van der Waals surface area contributed by atoms with Gasteiger partial charge >= 0.3 is 6.03 Å². The summed E-state index contributed by atoms with van der Waals surface area (Å²) in [6.45, 7) is 2.16. The highest BCUT2D eigenvalue weighted by Crippen LogP contribution is 2.39. The topological polar surface area (TPSA) is 51.7 Å². The summed E-state index contributed by atoms with van der Waals surface area (Å²) in [5.41, 5.74) is 2.93. The molecule has 2 amide bonds. The minimum atomic E-state index is -0.372. The normalized spacial score (nSPS) is 21.7. The van der Waals surface area contributed by atoms with Crippen molar-refractivity contribution in [2.45, 2.75) is 51.2 Å². The molecule has 7 heteroatoms. The maximum Gasteiger partial charge on any atom is 0.329 e. The number of rotatable bonds is 4. The van der Waals surface area contributed by atoms with E-state index in [-0.39, 0.29) is 17.9 Å². The van der Waals surface area contributed by atoms with Crippen molar-refractivity contribution in [1.29, 1.82) is 0 Å². The number of para-hydroxylation sites is 1. The third kappa shape index (κ3) is 3.62. The number of aromatic nitrogens is 1. The number of aryl methyl sites for hydroxylation is 1. The molecule has 2 aromatic rings. The van der Waals surface area contributed by atoms with Crippen LogP contribution in [0.4, 0.5) is 26.4 Å². The smallest absolute Gasteiger partial charge is 0.329 e. The fraction of sp³-hybridized carbons (Fsp3) is 0.478. The van der Waals surface area contributed by atoms with Crippen molar-refractivity contribution >= 4 is 23.2 Å². The number of pyridine rings is 1. The molecule has 0 saturated heterocycles. The van der Waals surface area contributed by atoms with E-state index in [1.165, 1.54) is 6.07 Å². The van der Waals surface area contributed by atoms with E-state index in [2.05, 4.69) is 29.3 Å². The van der Waals surface area contributed by atoms with Gasteiger partial charge in [-0.2, -0.15) is 0 Å². The molecule has 1 aliphatic carbocycles. The van der Waals surface area contributed by atoms with E-state index in [1.807, 2.05) is 31.0 Å². The van der Waals surface area contributed by atoms with Crippen LogP contribution >= 0.6 is 0 Å². The zero-order valence-electron chi connectivity index (χ0n) is 18.2. The van der Waals surface area contributed by atoms with Gasteiger partial charge < -0.3 is 10.2 Å². The van der Waals surface area contributed by atoms with Crippen LogP contribution in [0.15, 0.2) is 30.5 Å². The summed E-state index contributed by atoms with van der Waals surface area (Å²) in [7, 11) is 6.04. The Balaban J connectivity index is 1.74. The Morgan fingerprint density at radius 1 is 1.20 bits per heavy atom. The summed E-state index contributed by atoms with van der Waals surface area (Å²) in [6.07, 6.45) is 5.73. The van der Waals surface area contributed by atoms with Gasteiger partial charge in [-0.25, -0.2) is 14.2 Å². The Kier molecular flexibility index (Phi) is 5.64. The molecule has 1 aromatic carbocycles. The number of amides is 2. The van der Waals surface area contributed by atoms with Crippen molar-refractivity contribution in [3.05, 3.63) is 47.4 Å². The average Bonchev–Trinajstić information content (AvgIpc) is 2.73. The highest BCUT2D eigenvalue weighted by atomic mass is 19.1. The molecule has 6 nitrogen and oxygen atoms in total. The fourth-order valence-corrected chi connectivity index (χ4v) is 4.75. The molecule has 0 bridgehead atoms. The predicted molar refractivity (Wildman–Crippen MR) is 119 cm³/mol. The first-order chi connectivity index (χ1) is 14.4. The SMILES string of the molecule is CNc1cc2c(cn1)CN(c1c(C)cccc1F)C(=O)N2C1CCC(N(C)C)CC1. The van der Waals surface area contributed by atoms with E-state index in [4.69, 9.17) is 0 Å². The second-order valence-corrected chi connectivity index (χ2v) is 8.52. The molecule has 2 heterocycles. The van der Waals surface area contributed by atoms with E-state index in [0.29, 0.717) is 18.3 Å². The fourth-order valence-electron chi connectivity index (χ4n) is 4.75. The molecular weight excluding hydrogens is 381 g/mol. The number of carbonyl (C=O) groups excluding carboxylic acids is 1. The van der Waals surface area contributed by atoms with Crippen LogP contribution in [0, 0.1) is 12.7 Å². The predicted octanol–water partition coefficient (Wildman–Crippen LogP) is 4.39. The quantitative estimate of drug-likeness (QED) is 0.811. The molecule has 1 fully saturated rings. The van der Waals surface area contributed by atoms with E-state index in [9.17, 15) is 9.18 Å². The first-order valence-corrected chi connectivity index (χ1v) is 10.6. The third-order valence-electron chi connectivity index (χ3n) is 6.46. The molecule has 0 unspecified atom stereocenters. The average molecular weight is 412 g/mol. The molecule has 1 N–H and O–H groups in total. The Morgan fingerprint density at radius 3 is 2.57 bits per heavy atom. The number of nitrogens with one attached hydrogen (secondary N) is 1. The molecule has 1 aromatic heterocycles. The van der Waals surface area contributed by atoms with Crippen molar-refractivity contribution in [3.63, 3.8) is 0 Å². The highest BCUT2D eigenvalue weighted by molar-refractivity contribution is 6.07. The molecule has 0 radical (unpaired) electrons. The number of fused-ring (bicyclic) bond motifs is 1. The van der Waals surface area contributed by atoms with Crippen molar-refractivity contribution in [3.8, 4) is 0 Å². The van der Waals surface area contributed by atoms with Crippen molar-refractivity contribution < 1.29 is 9.18 Å². The van der Waals surface area contributed by atoms with Gasteiger partial charge in [0.25, 0.3) is 0 Å². The lowest BCUT2D eigenvalue weighted by Crippen LogP contribution is -2.54. The summed E-state index contributed by atoms with van der Waals surface area (Å²) in [6, 6.07) is 7.35. The van der Waals surface area contributed by atoms with Crippen molar-refractivity contribution in [1.82, 2.24) is 9.88 Å². The summed E-state index contributed by atoms with van der Waals surface area (Å²) in [5.74, 6) is 0.354. The number of halogens is 1. The first kappa shape index (κ1) is 20.6. The van der Waals surface area contributed by atoms with Gasteiger partial charge in [0.05, 0.1) is 17.9 Å². The molecule has 2 aliphatic rings. The van der Waals surface area contributed by atoms with Gasteiger partial charge in [0, 0.05) is 37.0 Å². The maximum absolute atomic E-state index is 14.8. The summed E-state index contributed by atoms with van der Waals surface area (Å²) in [4.78, 5) is 23.9.